The van der Waals surface area contributed by atoms with Crippen molar-refractivity contribution in [2.75, 3.05) is 16.5 Å². The Bertz CT molecular complexity index is 1270. The van der Waals surface area contributed by atoms with E-state index in [1.165, 1.54) is 18.6 Å². The summed E-state index contributed by atoms with van der Waals surface area (Å²) in [6.07, 6.45) is 5.72. The third-order valence-electron chi connectivity index (χ3n) is 5.30. The first-order chi connectivity index (χ1) is 16.0. The van der Waals surface area contributed by atoms with Crippen molar-refractivity contribution >= 4 is 66.7 Å². The third kappa shape index (κ3) is 6.30. The van der Waals surface area contributed by atoms with Crippen molar-refractivity contribution in [1.29, 1.82) is 0 Å². The number of sulfone groups is 1. The largest absolute Gasteiger partial charge is 0.363 e. The van der Waals surface area contributed by atoms with Gasteiger partial charge in [0.2, 0.25) is 7.50 Å². The van der Waals surface area contributed by atoms with Gasteiger partial charge in [-0.25, -0.2) is 27.8 Å². The maximum atomic E-state index is 15.4. The van der Waals surface area contributed by atoms with Crippen molar-refractivity contribution in [2.24, 2.45) is 0 Å². The van der Waals surface area contributed by atoms with E-state index in [-0.39, 0.29) is 29.2 Å². The molecule has 3 aromatic rings. The lowest BCUT2D eigenvalue weighted by Crippen LogP contribution is -2.27. The Labute approximate surface area is 224 Å². The molecule has 0 atom stereocenters. The van der Waals surface area contributed by atoms with Gasteiger partial charge in [0.1, 0.15) is 6.33 Å². The molecule has 2 aromatic heterocycles. The number of hydrogen-bond acceptors (Lipinski definition) is 7. The first kappa shape index (κ1) is 25.4. The first-order valence-corrected chi connectivity index (χ1v) is 14.4. The van der Waals surface area contributed by atoms with Crippen LogP contribution in [0.2, 0.25) is 0 Å². The second-order valence-electron chi connectivity index (χ2n) is 8.04. The fourth-order valence-corrected chi connectivity index (χ4v) is 4.64. The van der Waals surface area contributed by atoms with Gasteiger partial charge in [-0.2, -0.15) is 4.39 Å². The molecule has 0 spiro atoms. The summed E-state index contributed by atoms with van der Waals surface area (Å²) in [5.41, 5.74) is 2.17. The predicted molar refractivity (Wildman–Crippen MR) is 143 cm³/mol. The summed E-state index contributed by atoms with van der Waals surface area (Å²) in [6, 6.07) is 10.4. The molecule has 1 saturated carbocycles. The third-order valence-corrected chi connectivity index (χ3v) is 7.55. The van der Waals surface area contributed by atoms with Gasteiger partial charge in [0.15, 0.2) is 26.5 Å². The van der Waals surface area contributed by atoms with Crippen LogP contribution in [-0.4, -0.2) is 35.7 Å². The average molecular weight is 711 g/mol. The van der Waals surface area contributed by atoms with E-state index in [9.17, 15) is 12.8 Å². The zero-order valence-corrected chi connectivity index (χ0v) is 23.2. The number of anilines is 2. The number of pyridine rings is 1. The van der Waals surface area contributed by atoms with Crippen molar-refractivity contribution in [3.8, 4) is 0 Å². The molecule has 1 aliphatic rings. The number of alkyl halides is 3. The van der Waals surface area contributed by atoms with Crippen molar-refractivity contribution in [2.45, 2.75) is 38.7 Å². The van der Waals surface area contributed by atoms with E-state index < -0.39 is 17.3 Å². The molecule has 4 rings (SSSR count). The second-order valence-corrected chi connectivity index (χ2v) is 15.0. The number of nitrogens with one attached hydrogen (secondary N) is 1. The fourth-order valence-electron chi connectivity index (χ4n) is 3.36. The summed E-state index contributed by atoms with van der Waals surface area (Å²) in [6.45, 7) is 0.657. The van der Waals surface area contributed by atoms with Gasteiger partial charge in [0.05, 0.1) is 0 Å². The predicted octanol–water partition coefficient (Wildman–Crippen LogP) is 5.15. The van der Waals surface area contributed by atoms with Gasteiger partial charge in [0.25, 0.3) is 0 Å². The number of halogens is 4. The molecule has 12 heteroatoms. The van der Waals surface area contributed by atoms with Crippen LogP contribution in [-0.2, 0) is 24.6 Å². The van der Waals surface area contributed by atoms with E-state index >= 15 is 4.39 Å². The number of aromatic nitrogens is 3. The lowest BCUT2D eigenvalue weighted by molar-refractivity contribution is 0.469. The van der Waals surface area contributed by atoms with E-state index in [1.807, 2.05) is 17.0 Å². The summed E-state index contributed by atoms with van der Waals surface area (Å²) in [7, 11) is -3.38. The highest BCUT2D eigenvalue weighted by molar-refractivity contribution is 14.2. The van der Waals surface area contributed by atoms with Gasteiger partial charge in [0, 0.05) is 37.1 Å². The normalized spacial score (nSPS) is 14.1. The van der Waals surface area contributed by atoms with Crippen molar-refractivity contribution in [1.82, 2.24) is 15.0 Å². The molecule has 2 heterocycles. The molecule has 180 valence electrons. The van der Waals surface area contributed by atoms with E-state index in [4.69, 9.17) is 0 Å². The molecule has 1 aliphatic carbocycles. The summed E-state index contributed by atoms with van der Waals surface area (Å²) < 4.78 is 51.2. The molecule has 0 saturated heterocycles. The van der Waals surface area contributed by atoms with Crippen LogP contribution in [0.25, 0.3) is 0 Å². The van der Waals surface area contributed by atoms with Crippen molar-refractivity contribution in [3.63, 3.8) is 0 Å². The van der Waals surface area contributed by atoms with Crippen molar-refractivity contribution < 1.29 is 17.2 Å². The highest BCUT2D eigenvalue weighted by Gasteiger charge is 2.33. The summed E-state index contributed by atoms with van der Waals surface area (Å²) in [4.78, 5) is 14.1. The Morgan fingerprint density at radius 1 is 1.09 bits per heavy atom. The van der Waals surface area contributed by atoms with Gasteiger partial charge < -0.3 is 10.2 Å². The molecule has 1 N–H and O–H groups in total. The van der Waals surface area contributed by atoms with Gasteiger partial charge >= 0.3 is 0 Å². The van der Waals surface area contributed by atoms with Crippen LogP contribution in [0.1, 0.15) is 29.5 Å². The first-order valence-electron chi connectivity index (χ1n) is 10.3. The molecule has 1 fully saturated rings. The van der Waals surface area contributed by atoms with Crippen LogP contribution in [0, 0.1) is 5.82 Å². The fraction of sp³-hybridized carbons (Fsp3) is 0.318. The Morgan fingerprint density at radius 2 is 1.76 bits per heavy atom. The standard InChI is InChI=1S/C22H21F2I2N5O2S/c1-34(32,33)18-9-4-15(10-27-18)11-28-20-19(23)21(30-13-29-20)31(17-7-8-17)12-14-2-5-16(6-3-14)22(24,25)26/h2-6,9-10,13,17H,7-8,11-12H2,1H3,(H,28,29,30). The lowest BCUT2D eigenvalue weighted by atomic mass is 10.1. The number of hydrogen-bond donors (Lipinski definition) is 1. The molecule has 0 amide bonds. The van der Waals surface area contributed by atoms with E-state index in [0.29, 0.717) is 17.7 Å². The van der Waals surface area contributed by atoms with Gasteiger partial charge in [-0.1, -0.05) is 30.3 Å². The van der Waals surface area contributed by atoms with Crippen LogP contribution < -0.4 is 10.2 Å². The lowest BCUT2D eigenvalue weighted by Gasteiger charge is -2.25. The quantitative estimate of drug-likeness (QED) is 0.243. The topological polar surface area (TPSA) is 88.1 Å². The maximum Gasteiger partial charge on any atom is 0.235 e. The van der Waals surface area contributed by atoms with E-state index in [2.05, 4.69) is 20.3 Å². The number of nitrogens with zero attached hydrogens (tertiary/aromatic N) is 4. The Balaban J connectivity index is 1.50. The minimum Gasteiger partial charge on any atom is -0.363 e. The summed E-state index contributed by atoms with van der Waals surface area (Å²) in [5.74, 6) is -0.304. The van der Waals surface area contributed by atoms with Gasteiger partial charge in [-0.15, -0.1) is 0 Å². The molecular weight excluding hydrogens is 690 g/mol. The monoisotopic (exact) mass is 711 g/mol. The molecular formula is C22H21F2I2N5O2S. The Kier molecular flexibility index (Phi) is 7.57. The van der Waals surface area contributed by atoms with Gasteiger partial charge in [-0.05, 0) is 75.2 Å². The zero-order chi connectivity index (χ0) is 24.5. The number of benzene rings is 1. The van der Waals surface area contributed by atoms with E-state index in [1.54, 1.807) is 63.4 Å². The molecule has 0 aliphatic heterocycles. The Hall–Kier alpha value is -1.68. The smallest absolute Gasteiger partial charge is 0.235 e. The number of rotatable bonds is 9. The highest BCUT2D eigenvalue weighted by atomic mass is 127. The second kappa shape index (κ2) is 10.1. The summed E-state index contributed by atoms with van der Waals surface area (Å²) >= 11 is 3.48. The van der Waals surface area contributed by atoms with Gasteiger partial charge in [-0.3, -0.25) is 0 Å². The molecule has 0 unspecified atom stereocenters. The van der Waals surface area contributed by atoms with Crippen LogP contribution in [0.3, 0.4) is 0 Å². The van der Waals surface area contributed by atoms with Crippen LogP contribution in [0.15, 0.2) is 53.9 Å². The SMILES string of the molecule is CS(=O)(=O)c1ccc(CNc2ncnc(N(Cc3ccc(C(F)(I)I)cc3)C3CC3)c2F)cn1. The highest BCUT2D eigenvalue weighted by Crippen LogP contribution is 2.41. The summed E-state index contributed by atoms with van der Waals surface area (Å²) in [5, 5.41) is 2.93. The van der Waals surface area contributed by atoms with Crippen LogP contribution in [0.4, 0.5) is 20.4 Å². The van der Waals surface area contributed by atoms with E-state index in [0.717, 1.165) is 24.7 Å². The minimum atomic E-state index is -3.38. The molecule has 0 bridgehead atoms. The zero-order valence-electron chi connectivity index (χ0n) is 18.1. The minimum absolute atomic E-state index is 0.0194. The Morgan fingerprint density at radius 3 is 2.32 bits per heavy atom. The molecule has 1 aromatic carbocycles. The molecule has 34 heavy (non-hydrogen) atoms. The van der Waals surface area contributed by atoms with Crippen LogP contribution >= 0.6 is 45.2 Å². The molecule has 0 radical (unpaired) electrons. The van der Waals surface area contributed by atoms with Crippen LogP contribution in [0.5, 0.6) is 0 Å². The van der Waals surface area contributed by atoms with Crippen molar-refractivity contribution in [3.05, 3.63) is 71.4 Å². The molecule has 7 nitrogen and oxygen atoms in total. The average Bonchev–Trinajstić information content (AvgIpc) is 3.62. The maximum absolute atomic E-state index is 15.4.